The molecule has 6 rings (SSSR count). The molecule has 0 spiro atoms. The SMILES string of the molecule is Oc1ccc(Cl)cc1[C@H]1Oc2ccccc2[C@H]2CC(c3ccc4ccccc4c3)=NN21. The van der Waals surface area contributed by atoms with Gasteiger partial charge in [-0.15, -0.1) is 0 Å². The van der Waals surface area contributed by atoms with E-state index in [1.54, 1.807) is 18.2 Å². The largest absolute Gasteiger partial charge is 0.507 e. The van der Waals surface area contributed by atoms with Crippen LogP contribution >= 0.6 is 11.6 Å². The van der Waals surface area contributed by atoms with Gasteiger partial charge in [0.25, 0.3) is 0 Å². The van der Waals surface area contributed by atoms with Crippen molar-refractivity contribution in [2.24, 2.45) is 5.10 Å². The minimum absolute atomic E-state index is 0.0230. The molecular formula is C26H19ClN2O2. The molecule has 0 aliphatic carbocycles. The Bertz CT molecular complexity index is 1350. The fourth-order valence-corrected chi connectivity index (χ4v) is 4.69. The standard InChI is InChI=1S/C26H19ClN2O2/c27-19-11-12-24(30)21(14-19)26-29-23(20-7-3-4-8-25(20)31-26)15-22(28-29)18-10-9-16-5-1-2-6-17(16)13-18/h1-14,23,26,30H,15H2/t23-,26-/m1/s1. The number of phenols is 1. The lowest BCUT2D eigenvalue weighted by atomic mass is 9.95. The maximum atomic E-state index is 10.5. The molecule has 0 aromatic heterocycles. The Labute approximate surface area is 185 Å². The van der Waals surface area contributed by atoms with E-state index in [9.17, 15) is 5.11 Å². The van der Waals surface area contributed by atoms with Crippen LogP contribution in [0.3, 0.4) is 0 Å². The first-order valence-electron chi connectivity index (χ1n) is 10.3. The summed E-state index contributed by atoms with van der Waals surface area (Å²) in [5.74, 6) is 0.949. The summed E-state index contributed by atoms with van der Waals surface area (Å²) in [7, 11) is 0. The zero-order valence-corrected chi connectivity index (χ0v) is 17.3. The molecule has 0 saturated carbocycles. The summed E-state index contributed by atoms with van der Waals surface area (Å²) in [5.41, 5.74) is 3.80. The molecule has 2 atom stereocenters. The highest BCUT2D eigenvalue weighted by Crippen LogP contribution is 2.49. The predicted molar refractivity (Wildman–Crippen MR) is 123 cm³/mol. The van der Waals surface area contributed by atoms with Crippen LogP contribution in [0.2, 0.25) is 5.02 Å². The van der Waals surface area contributed by atoms with Gasteiger partial charge in [-0.2, -0.15) is 5.10 Å². The van der Waals surface area contributed by atoms with Crippen LogP contribution in [0.1, 0.15) is 35.4 Å². The zero-order valence-electron chi connectivity index (χ0n) is 16.6. The molecule has 2 aliphatic rings. The average Bonchev–Trinajstić information content (AvgIpc) is 3.26. The minimum atomic E-state index is -0.559. The van der Waals surface area contributed by atoms with Gasteiger partial charge in [-0.05, 0) is 46.7 Å². The lowest BCUT2D eigenvalue weighted by Crippen LogP contribution is -2.33. The van der Waals surface area contributed by atoms with E-state index in [-0.39, 0.29) is 11.8 Å². The second kappa shape index (κ2) is 7.03. The van der Waals surface area contributed by atoms with Gasteiger partial charge in [-0.25, -0.2) is 5.01 Å². The van der Waals surface area contributed by atoms with Crippen LogP contribution in [0.4, 0.5) is 0 Å². The van der Waals surface area contributed by atoms with E-state index in [4.69, 9.17) is 21.4 Å². The number of nitrogens with zero attached hydrogens (tertiary/aromatic N) is 2. The monoisotopic (exact) mass is 426 g/mol. The van der Waals surface area contributed by atoms with Crippen LogP contribution in [0, 0.1) is 0 Å². The number of ether oxygens (including phenoxy) is 1. The molecule has 0 unspecified atom stereocenters. The van der Waals surface area contributed by atoms with Gasteiger partial charge >= 0.3 is 0 Å². The molecule has 4 aromatic rings. The maximum Gasteiger partial charge on any atom is 0.217 e. The van der Waals surface area contributed by atoms with Gasteiger partial charge in [0, 0.05) is 17.0 Å². The average molecular weight is 427 g/mol. The van der Waals surface area contributed by atoms with Crippen molar-refractivity contribution in [2.45, 2.75) is 18.7 Å². The third kappa shape index (κ3) is 3.03. The summed E-state index contributed by atoms with van der Waals surface area (Å²) in [5, 5.41) is 20.4. The number of hydrazone groups is 1. The van der Waals surface area contributed by atoms with Crippen molar-refractivity contribution in [3.8, 4) is 11.5 Å². The highest BCUT2D eigenvalue weighted by Gasteiger charge is 2.41. The number of aromatic hydroxyl groups is 1. The molecule has 152 valence electrons. The Morgan fingerprint density at radius 3 is 2.58 bits per heavy atom. The highest BCUT2D eigenvalue weighted by atomic mass is 35.5. The van der Waals surface area contributed by atoms with E-state index >= 15 is 0 Å². The van der Waals surface area contributed by atoms with E-state index in [0.717, 1.165) is 29.0 Å². The summed E-state index contributed by atoms with van der Waals surface area (Å²) in [6.07, 6.45) is 0.202. The normalized spacial score (nSPS) is 19.5. The minimum Gasteiger partial charge on any atom is -0.507 e. The first-order chi connectivity index (χ1) is 15.2. The van der Waals surface area contributed by atoms with Crippen molar-refractivity contribution >= 4 is 28.1 Å². The lowest BCUT2D eigenvalue weighted by Gasteiger charge is -2.38. The molecule has 31 heavy (non-hydrogen) atoms. The Kier molecular flexibility index (Phi) is 4.15. The number of hydrogen-bond donors (Lipinski definition) is 1. The fraction of sp³-hybridized carbons (Fsp3) is 0.115. The van der Waals surface area contributed by atoms with E-state index in [1.165, 1.54) is 10.8 Å². The van der Waals surface area contributed by atoms with Gasteiger partial charge in [-0.3, -0.25) is 0 Å². The molecule has 0 bridgehead atoms. The molecule has 4 aromatic carbocycles. The third-order valence-corrected chi connectivity index (χ3v) is 6.27. The van der Waals surface area contributed by atoms with Crippen LogP contribution in [0.25, 0.3) is 10.8 Å². The van der Waals surface area contributed by atoms with E-state index in [2.05, 4.69) is 36.4 Å². The summed E-state index contributed by atoms with van der Waals surface area (Å²) < 4.78 is 6.32. The molecule has 0 saturated heterocycles. The van der Waals surface area contributed by atoms with Crippen molar-refractivity contribution < 1.29 is 9.84 Å². The zero-order chi connectivity index (χ0) is 20.9. The highest BCUT2D eigenvalue weighted by molar-refractivity contribution is 6.30. The molecule has 2 aliphatic heterocycles. The van der Waals surface area contributed by atoms with Crippen molar-refractivity contribution in [3.05, 3.63) is 107 Å². The number of para-hydroxylation sites is 1. The van der Waals surface area contributed by atoms with Crippen LogP contribution in [-0.4, -0.2) is 15.8 Å². The lowest BCUT2D eigenvalue weighted by molar-refractivity contribution is -0.0203. The van der Waals surface area contributed by atoms with Crippen molar-refractivity contribution in [1.82, 2.24) is 5.01 Å². The summed E-state index contributed by atoms with van der Waals surface area (Å²) in [4.78, 5) is 0. The number of halogens is 1. The van der Waals surface area contributed by atoms with Crippen molar-refractivity contribution in [2.75, 3.05) is 0 Å². The van der Waals surface area contributed by atoms with Crippen LogP contribution in [0.15, 0.2) is 90.0 Å². The number of phenolic OH excluding ortho intramolecular Hbond substituents is 1. The van der Waals surface area contributed by atoms with Gasteiger partial charge in [0.1, 0.15) is 11.5 Å². The van der Waals surface area contributed by atoms with E-state index in [0.29, 0.717) is 10.6 Å². The number of fused-ring (bicyclic) bond motifs is 4. The van der Waals surface area contributed by atoms with Crippen LogP contribution in [0.5, 0.6) is 11.5 Å². The summed E-state index contributed by atoms with van der Waals surface area (Å²) in [6.45, 7) is 0. The maximum absolute atomic E-state index is 10.5. The second-order valence-electron chi connectivity index (χ2n) is 7.92. The first-order valence-corrected chi connectivity index (χ1v) is 10.6. The van der Waals surface area contributed by atoms with Crippen LogP contribution < -0.4 is 4.74 Å². The Morgan fingerprint density at radius 1 is 0.871 bits per heavy atom. The molecule has 0 amide bonds. The molecule has 0 fully saturated rings. The molecule has 0 radical (unpaired) electrons. The smallest absolute Gasteiger partial charge is 0.217 e. The molecule has 5 heteroatoms. The van der Waals surface area contributed by atoms with Gasteiger partial charge in [0.05, 0.1) is 17.3 Å². The van der Waals surface area contributed by atoms with Crippen LogP contribution in [-0.2, 0) is 0 Å². The number of hydrogen-bond acceptors (Lipinski definition) is 4. The quantitative estimate of drug-likeness (QED) is 0.401. The predicted octanol–water partition coefficient (Wildman–Crippen LogP) is 6.44. The summed E-state index contributed by atoms with van der Waals surface area (Å²) in [6, 6.07) is 27.8. The number of rotatable bonds is 2. The van der Waals surface area contributed by atoms with Gasteiger partial charge in [0.15, 0.2) is 0 Å². The number of benzene rings is 4. The van der Waals surface area contributed by atoms with Crippen molar-refractivity contribution in [1.29, 1.82) is 0 Å². The second-order valence-corrected chi connectivity index (χ2v) is 8.36. The van der Waals surface area contributed by atoms with E-state index in [1.807, 2.05) is 35.3 Å². The van der Waals surface area contributed by atoms with Gasteiger partial charge in [-0.1, -0.05) is 66.2 Å². The molecule has 1 N–H and O–H groups in total. The molecular weight excluding hydrogens is 408 g/mol. The molecule has 4 nitrogen and oxygen atoms in total. The summed E-state index contributed by atoms with van der Waals surface area (Å²) >= 11 is 6.24. The fourth-order valence-electron chi connectivity index (χ4n) is 4.51. The van der Waals surface area contributed by atoms with Crippen molar-refractivity contribution in [3.63, 3.8) is 0 Å². The Hall–Kier alpha value is -3.50. The molecule has 2 heterocycles. The van der Waals surface area contributed by atoms with Gasteiger partial charge in [0.2, 0.25) is 6.23 Å². The third-order valence-electron chi connectivity index (χ3n) is 6.04. The first kappa shape index (κ1) is 18.3. The van der Waals surface area contributed by atoms with E-state index < -0.39 is 6.23 Å². The Balaban J connectivity index is 1.47. The van der Waals surface area contributed by atoms with Gasteiger partial charge < -0.3 is 9.84 Å². The topological polar surface area (TPSA) is 45.1 Å². The Morgan fingerprint density at radius 2 is 1.68 bits per heavy atom.